The Bertz CT molecular complexity index is 383. The van der Waals surface area contributed by atoms with Gasteiger partial charge >= 0.3 is 0 Å². The topological polar surface area (TPSA) is 51.2 Å². The molecule has 4 heteroatoms. The Hall–Kier alpha value is -1.42. The average molecular weight is 236 g/mol. The third kappa shape index (κ3) is 4.53. The highest BCUT2D eigenvalue weighted by Gasteiger charge is 2.14. The van der Waals surface area contributed by atoms with Crippen LogP contribution in [-0.4, -0.2) is 30.0 Å². The fourth-order valence-corrected chi connectivity index (χ4v) is 1.43. The second kappa shape index (κ2) is 5.77. The summed E-state index contributed by atoms with van der Waals surface area (Å²) in [6.07, 6.45) is 2.03. The number of pyridine rings is 1. The summed E-state index contributed by atoms with van der Waals surface area (Å²) in [5.41, 5.74) is 0.430. The number of ether oxygens (including phenoxy) is 1. The molecular formula is C13H20N2O2. The van der Waals surface area contributed by atoms with Gasteiger partial charge in [-0.05, 0) is 32.9 Å². The molecule has 4 nitrogen and oxygen atoms in total. The molecule has 0 aliphatic carbocycles. The maximum absolute atomic E-state index is 11.9. The lowest BCUT2D eigenvalue weighted by atomic mass is 10.1. The standard InChI is InChI=1S/C13H20N2O2/c1-13(2,3)15-9-7-10(16)12-11(17-4)6-5-8-14-12/h5-6,8,15H,7,9H2,1-4H3. The van der Waals surface area contributed by atoms with Crippen LogP contribution in [0.15, 0.2) is 18.3 Å². The molecule has 1 N–H and O–H groups in total. The Morgan fingerprint density at radius 3 is 2.76 bits per heavy atom. The smallest absolute Gasteiger partial charge is 0.186 e. The van der Waals surface area contributed by atoms with Crippen LogP contribution in [0.25, 0.3) is 0 Å². The molecule has 0 fully saturated rings. The van der Waals surface area contributed by atoms with E-state index in [-0.39, 0.29) is 11.3 Å². The number of ketones is 1. The predicted molar refractivity (Wildman–Crippen MR) is 67.5 cm³/mol. The lowest BCUT2D eigenvalue weighted by Crippen LogP contribution is -2.37. The first-order chi connectivity index (χ1) is 7.94. The van der Waals surface area contributed by atoms with E-state index >= 15 is 0 Å². The number of carbonyl (C=O) groups is 1. The minimum atomic E-state index is -0.000741. The van der Waals surface area contributed by atoms with E-state index in [4.69, 9.17) is 4.74 Å². The highest BCUT2D eigenvalue weighted by molar-refractivity contribution is 5.96. The van der Waals surface area contributed by atoms with Gasteiger partial charge in [-0.3, -0.25) is 4.79 Å². The quantitative estimate of drug-likeness (QED) is 0.795. The molecule has 0 spiro atoms. The number of methoxy groups -OCH3 is 1. The molecule has 1 rings (SSSR count). The fraction of sp³-hybridized carbons (Fsp3) is 0.538. The molecule has 0 unspecified atom stereocenters. The Balaban J connectivity index is 2.58. The monoisotopic (exact) mass is 236 g/mol. The molecular weight excluding hydrogens is 216 g/mol. The van der Waals surface area contributed by atoms with Crippen LogP contribution in [0.2, 0.25) is 0 Å². The first kappa shape index (κ1) is 13.6. The van der Waals surface area contributed by atoms with Crippen molar-refractivity contribution in [3.8, 4) is 5.75 Å². The number of aromatic nitrogens is 1. The normalized spacial score (nSPS) is 11.3. The molecule has 0 atom stereocenters. The summed E-state index contributed by atoms with van der Waals surface area (Å²) in [7, 11) is 1.54. The van der Waals surface area contributed by atoms with Gasteiger partial charge in [-0.15, -0.1) is 0 Å². The number of nitrogens with one attached hydrogen (secondary N) is 1. The van der Waals surface area contributed by atoms with E-state index in [2.05, 4.69) is 31.1 Å². The Morgan fingerprint density at radius 1 is 1.47 bits per heavy atom. The van der Waals surface area contributed by atoms with Gasteiger partial charge in [0.05, 0.1) is 7.11 Å². The zero-order valence-electron chi connectivity index (χ0n) is 10.9. The van der Waals surface area contributed by atoms with Crippen molar-refractivity contribution < 1.29 is 9.53 Å². The van der Waals surface area contributed by atoms with E-state index in [9.17, 15) is 4.79 Å². The summed E-state index contributed by atoms with van der Waals surface area (Å²) in [6, 6.07) is 3.50. The molecule has 0 aliphatic heterocycles. The largest absolute Gasteiger partial charge is 0.494 e. The van der Waals surface area contributed by atoms with Crippen LogP contribution in [0.5, 0.6) is 5.75 Å². The summed E-state index contributed by atoms with van der Waals surface area (Å²) >= 11 is 0. The molecule has 0 radical (unpaired) electrons. The first-order valence-electron chi connectivity index (χ1n) is 5.71. The average Bonchev–Trinajstić information content (AvgIpc) is 2.27. The third-order valence-electron chi connectivity index (χ3n) is 2.26. The highest BCUT2D eigenvalue weighted by atomic mass is 16.5. The van der Waals surface area contributed by atoms with Crippen LogP contribution in [0.3, 0.4) is 0 Å². The van der Waals surface area contributed by atoms with Crippen molar-refractivity contribution in [1.82, 2.24) is 10.3 Å². The number of carbonyl (C=O) groups excluding carboxylic acids is 1. The number of hydrogen-bond acceptors (Lipinski definition) is 4. The van der Waals surface area contributed by atoms with Crippen LogP contribution in [0.1, 0.15) is 37.7 Å². The van der Waals surface area contributed by atoms with E-state index in [1.807, 2.05) is 0 Å². The van der Waals surface area contributed by atoms with E-state index < -0.39 is 0 Å². The van der Waals surface area contributed by atoms with Crippen LogP contribution in [0.4, 0.5) is 0 Å². The number of rotatable bonds is 5. The maximum Gasteiger partial charge on any atom is 0.186 e. The molecule has 94 valence electrons. The van der Waals surface area contributed by atoms with Crippen molar-refractivity contribution in [3.63, 3.8) is 0 Å². The molecule has 0 saturated heterocycles. The molecule has 0 saturated carbocycles. The van der Waals surface area contributed by atoms with Gasteiger partial charge in [0.15, 0.2) is 5.78 Å². The lowest BCUT2D eigenvalue weighted by molar-refractivity contribution is 0.0972. The summed E-state index contributed by atoms with van der Waals surface area (Å²) in [4.78, 5) is 16.0. The minimum absolute atomic E-state index is 0.000741. The Labute approximate surface area is 102 Å². The van der Waals surface area contributed by atoms with Crippen LogP contribution in [-0.2, 0) is 0 Å². The highest BCUT2D eigenvalue weighted by Crippen LogP contribution is 2.16. The maximum atomic E-state index is 11.9. The van der Waals surface area contributed by atoms with E-state index in [0.717, 1.165) is 0 Å². The third-order valence-corrected chi connectivity index (χ3v) is 2.26. The van der Waals surface area contributed by atoms with Gasteiger partial charge in [-0.25, -0.2) is 4.98 Å². The van der Waals surface area contributed by atoms with Gasteiger partial charge in [0.25, 0.3) is 0 Å². The van der Waals surface area contributed by atoms with Gasteiger partial charge < -0.3 is 10.1 Å². The van der Waals surface area contributed by atoms with Gasteiger partial charge in [0, 0.05) is 24.7 Å². The molecule has 17 heavy (non-hydrogen) atoms. The Morgan fingerprint density at radius 2 is 2.18 bits per heavy atom. The van der Waals surface area contributed by atoms with Crippen molar-refractivity contribution >= 4 is 5.78 Å². The van der Waals surface area contributed by atoms with E-state index in [1.165, 1.54) is 0 Å². The fourth-order valence-electron chi connectivity index (χ4n) is 1.43. The van der Waals surface area contributed by atoms with Crippen molar-refractivity contribution in [2.24, 2.45) is 0 Å². The minimum Gasteiger partial charge on any atom is -0.494 e. The van der Waals surface area contributed by atoms with Crippen molar-refractivity contribution in [2.75, 3.05) is 13.7 Å². The van der Waals surface area contributed by atoms with Gasteiger partial charge in [-0.1, -0.05) is 0 Å². The summed E-state index contributed by atoms with van der Waals surface area (Å²) in [6.45, 7) is 6.85. The molecule has 0 aliphatic rings. The molecule has 0 amide bonds. The van der Waals surface area contributed by atoms with E-state index in [1.54, 1.807) is 25.4 Å². The molecule has 1 aromatic heterocycles. The summed E-state index contributed by atoms with van der Waals surface area (Å²) in [5, 5.41) is 3.27. The lowest BCUT2D eigenvalue weighted by Gasteiger charge is -2.20. The second-order valence-electron chi connectivity index (χ2n) is 4.90. The predicted octanol–water partition coefficient (Wildman–Crippen LogP) is 2.05. The Kier molecular flexibility index (Phi) is 4.63. The first-order valence-corrected chi connectivity index (χ1v) is 5.71. The van der Waals surface area contributed by atoms with Crippen LogP contribution < -0.4 is 10.1 Å². The summed E-state index contributed by atoms with van der Waals surface area (Å²) in [5.74, 6) is 0.535. The molecule has 1 aromatic rings. The van der Waals surface area contributed by atoms with Gasteiger partial charge in [-0.2, -0.15) is 0 Å². The second-order valence-corrected chi connectivity index (χ2v) is 4.90. The zero-order chi connectivity index (χ0) is 12.9. The van der Waals surface area contributed by atoms with Crippen molar-refractivity contribution in [3.05, 3.63) is 24.0 Å². The van der Waals surface area contributed by atoms with Crippen molar-refractivity contribution in [2.45, 2.75) is 32.7 Å². The van der Waals surface area contributed by atoms with Crippen LogP contribution >= 0.6 is 0 Å². The molecule has 0 bridgehead atoms. The number of Topliss-reactive ketones (excluding diaryl/α,β-unsaturated/α-hetero) is 1. The van der Waals surface area contributed by atoms with Crippen LogP contribution in [0, 0.1) is 0 Å². The van der Waals surface area contributed by atoms with Gasteiger partial charge in [0.1, 0.15) is 11.4 Å². The number of nitrogens with zero attached hydrogens (tertiary/aromatic N) is 1. The van der Waals surface area contributed by atoms with E-state index in [0.29, 0.717) is 24.4 Å². The SMILES string of the molecule is COc1cccnc1C(=O)CCNC(C)(C)C. The van der Waals surface area contributed by atoms with Crippen molar-refractivity contribution in [1.29, 1.82) is 0 Å². The summed E-state index contributed by atoms with van der Waals surface area (Å²) < 4.78 is 5.11. The zero-order valence-corrected chi connectivity index (χ0v) is 10.9. The van der Waals surface area contributed by atoms with Gasteiger partial charge in [0.2, 0.25) is 0 Å². The molecule has 1 heterocycles. The molecule has 0 aromatic carbocycles. The number of hydrogen-bond donors (Lipinski definition) is 1.